The first-order valence-electron chi connectivity index (χ1n) is 6.65. The van der Waals surface area contributed by atoms with Crippen molar-refractivity contribution in [3.8, 4) is 0 Å². The van der Waals surface area contributed by atoms with Gasteiger partial charge in [-0.05, 0) is 25.3 Å². The van der Waals surface area contributed by atoms with Crippen LogP contribution in [0.5, 0.6) is 0 Å². The molecular formula is C16H20N2O. The van der Waals surface area contributed by atoms with E-state index in [0.717, 1.165) is 18.6 Å². The van der Waals surface area contributed by atoms with Crippen molar-refractivity contribution in [1.82, 2.24) is 0 Å². The maximum absolute atomic E-state index is 12.0. The number of hydrogen-bond donors (Lipinski definition) is 1. The van der Waals surface area contributed by atoms with Crippen LogP contribution in [0.4, 0.5) is 0 Å². The Kier molecular flexibility index (Phi) is 4.15. The lowest BCUT2D eigenvalue weighted by atomic mass is 9.89. The molecule has 3 heteroatoms. The third-order valence-electron chi connectivity index (χ3n) is 3.46. The summed E-state index contributed by atoms with van der Waals surface area (Å²) >= 11 is 0. The van der Waals surface area contributed by atoms with Crippen molar-refractivity contribution >= 4 is 11.5 Å². The highest BCUT2D eigenvalue weighted by Gasteiger charge is 2.23. The van der Waals surface area contributed by atoms with Gasteiger partial charge in [-0.3, -0.25) is 9.79 Å². The Morgan fingerprint density at radius 3 is 2.79 bits per heavy atom. The van der Waals surface area contributed by atoms with Crippen molar-refractivity contribution in [3.05, 3.63) is 46.7 Å². The Balaban J connectivity index is 2.29. The number of nitrogens with two attached hydrogens (primary N) is 1. The fourth-order valence-corrected chi connectivity index (χ4v) is 2.51. The highest BCUT2D eigenvalue weighted by Crippen LogP contribution is 2.21. The molecule has 0 aliphatic heterocycles. The van der Waals surface area contributed by atoms with Gasteiger partial charge in [0.25, 0.3) is 0 Å². The number of nitrogens with zero attached hydrogens (tertiary/aromatic N) is 1. The molecule has 3 nitrogen and oxygen atoms in total. The molecule has 0 radical (unpaired) electrons. The molecule has 1 aliphatic carbocycles. The molecule has 2 N–H and O–H groups in total. The summed E-state index contributed by atoms with van der Waals surface area (Å²) in [5, 5.41) is 0. The van der Waals surface area contributed by atoms with Crippen LogP contribution in [-0.2, 0) is 11.2 Å². The third kappa shape index (κ3) is 3.11. The van der Waals surface area contributed by atoms with E-state index >= 15 is 0 Å². The van der Waals surface area contributed by atoms with E-state index in [4.69, 9.17) is 5.73 Å². The van der Waals surface area contributed by atoms with Gasteiger partial charge in [0.1, 0.15) is 0 Å². The predicted octanol–water partition coefficient (Wildman–Crippen LogP) is 2.57. The summed E-state index contributed by atoms with van der Waals surface area (Å²) in [5.74, 6) is 0.136. The van der Waals surface area contributed by atoms with Gasteiger partial charge in [-0.15, -0.1) is 0 Å². The van der Waals surface area contributed by atoms with Gasteiger partial charge < -0.3 is 5.73 Å². The van der Waals surface area contributed by atoms with Gasteiger partial charge in [-0.1, -0.05) is 29.8 Å². The van der Waals surface area contributed by atoms with Crippen molar-refractivity contribution in [1.29, 1.82) is 0 Å². The molecule has 0 fully saturated rings. The van der Waals surface area contributed by atoms with E-state index in [1.165, 1.54) is 11.1 Å². The van der Waals surface area contributed by atoms with Crippen LogP contribution in [0.3, 0.4) is 0 Å². The molecule has 100 valence electrons. The van der Waals surface area contributed by atoms with E-state index < -0.39 is 0 Å². The quantitative estimate of drug-likeness (QED) is 0.845. The number of carbonyl (C=O) groups excluding carboxylic acids is 1. The molecule has 1 aromatic carbocycles. The summed E-state index contributed by atoms with van der Waals surface area (Å²) in [6.45, 7) is 2.06. The monoisotopic (exact) mass is 256 g/mol. The molecule has 0 atom stereocenters. The fraction of sp³-hybridized carbons (Fsp3) is 0.375. The molecule has 0 saturated carbocycles. The van der Waals surface area contributed by atoms with E-state index in [9.17, 15) is 4.79 Å². The third-order valence-corrected chi connectivity index (χ3v) is 3.46. The smallest absolute Gasteiger partial charge is 0.166 e. The largest absolute Gasteiger partial charge is 0.401 e. The summed E-state index contributed by atoms with van der Waals surface area (Å²) in [6, 6.07) is 8.27. The van der Waals surface area contributed by atoms with Crippen molar-refractivity contribution < 1.29 is 4.79 Å². The van der Waals surface area contributed by atoms with Crippen molar-refractivity contribution in [2.45, 2.75) is 32.6 Å². The fourth-order valence-electron chi connectivity index (χ4n) is 2.51. The molecule has 1 aromatic rings. The summed E-state index contributed by atoms with van der Waals surface area (Å²) in [4.78, 5) is 16.3. The maximum Gasteiger partial charge on any atom is 0.166 e. The van der Waals surface area contributed by atoms with E-state index in [2.05, 4.69) is 30.1 Å². The Bertz CT molecular complexity index is 556. The second-order valence-corrected chi connectivity index (χ2v) is 5.01. The molecule has 1 aliphatic rings. The Labute approximate surface area is 114 Å². The first-order valence-corrected chi connectivity index (χ1v) is 6.65. The minimum atomic E-state index is 0.136. The van der Waals surface area contributed by atoms with Crippen LogP contribution in [-0.4, -0.2) is 18.5 Å². The zero-order valence-electron chi connectivity index (χ0n) is 11.6. The Hall–Kier alpha value is -1.90. The lowest BCUT2D eigenvalue weighted by Crippen LogP contribution is -2.24. The molecule has 0 amide bonds. The number of benzene rings is 1. The van der Waals surface area contributed by atoms with Gasteiger partial charge >= 0.3 is 0 Å². The summed E-state index contributed by atoms with van der Waals surface area (Å²) < 4.78 is 0. The summed E-state index contributed by atoms with van der Waals surface area (Å²) in [7, 11) is 1.73. The van der Waals surface area contributed by atoms with E-state index in [0.29, 0.717) is 24.1 Å². The zero-order valence-corrected chi connectivity index (χ0v) is 11.6. The van der Waals surface area contributed by atoms with Crippen molar-refractivity contribution in [2.24, 2.45) is 10.7 Å². The van der Waals surface area contributed by atoms with Gasteiger partial charge in [0.2, 0.25) is 0 Å². The van der Waals surface area contributed by atoms with Gasteiger partial charge in [0.05, 0.1) is 11.3 Å². The van der Waals surface area contributed by atoms with Crippen molar-refractivity contribution in [2.75, 3.05) is 7.05 Å². The number of aryl methyl sites for hydroxylation is 1. The first-order chi connectivity index (χ1) is 9.11. The molecule has 2 rings (SSSR count). The number of hydrogen-bond acceptors (Lipinski definition) is 3. The molecule has 0 aromatic heterocycles. The average Bonchev–Trinajstić information content (AvgIpc) is 2.37. The Morgan fingerprint density at radius 2 is 2.16 bits per heavy atom. The van der Waals surface area contributed by atoms with Crippen LogP contribution in [0.25, 0.3) is 0 Å². The van der Waals surface area contributed by atoms with E-state index in [1.807, 2.05) is 6.07 Å². The van der Waals surface area contributed by atoms with Crippen LogP contribution in [0.2, 0.25) is 0 Å². The van der Waals surface area contributed by atoms with E-state index in [1.54, 1.807) is 7.05 Å². The number of ketones is 1. The van der Waals surface area contributed by atoms with Gasteiger partial charge in [0.15, 0.2) is 5.78 Å². The molecule has 0 unspecified atom stereocenters. The standard InChI is InChI=1S/C16H20N2O/c1-11-5-3-6-12(9-11)10-14(18-2)16-13(17)7-4-8-15(16)19/h3,5-6,9H,4,7-8,10,17H2,1-2H3. The second kappa shape index (κ2) is 5.83. The van der Waals surface area contributed by atoms with Crippen LogP contribution >= 0.6 is 0 Å². The Morgan fingerprint density at radius 1 is 1.37 bits per heavy atom. The molecule has 0 bridgehead atoms. The topological polar surface area (TPSA) is 55.4 Å². The van der Waals surface area contributed by atoms with Crippen LogP contribution < -0.4 is 5.73 Å². The first kappa shape index (κ1) is 13.5. The van der Waals surface area contributed by atoms with E-state index in [-0.39, 0.29) is 5.78 Å². The number of Topliss-reactive ketones (excluding diaryl/α,β-unsaturated/α-hetero) is 1. The minimum Gasteiger partial charge on any atom is -0.401 e. The minimum absolute atomic E-state index is 0.136. The molecule has 19 heavy (non-hydrogen) atoms. The highest BCUT2D eigenvalue weighted by atomic mass is 16.1. The molecule has 0 saturated heterocycles. The zero-order chi connectivity index (χ0) is 13.8. The van der Waals surface area contributed by atoms with Gasteiger partial charge in [0, 0.05) is 25.6 Å². The average molecular weight is 256 g/mol. The van der Waals surface area contributed by atoms with Gasteiger partial charge in [-0.2, -0.15) is 0 Å². The molecule has 0 heterocycles. The SMILES string of the molecule is CN=C(Cc1cccc(C)c1)C1=C(N)CCCC1=O. The number of rotatable bonds is 3. The maximum atomic E-state index is 12.0. The summed E-state index contributed by atoms with van der Waals surface area (Å²) in [6.07, 6.45) is 2.91. The number of carbonyl (C=O) groups is 1. The lowest BCUT2D eigenvalue weighted by molar-refractivity contribution is -0.115. The second-order valence-electron chi connectivity index (χ2n) is 5.01. The molecular weight excluding hydrogens is 236 g/mol. The lowest BCUT2D eigenvalue weighted by Gasteiger charge is -2.18. The predicted molar refractivity (Wildman–Crippen MR) is 78.3 cm³/mol. The summed E-state index contributed by atoms with van der Waals surface area (Å²) in [5.41, 5.74) is 10.6. The van der Waals surface area contributed by atoms with Crippen LogP contribution in [0.1, 0.15) is 30.4 Å². The normalized spacial score (nSPS) is 16.9. The molecule has 0 spiro atoms. The van der Waals surface area contributed by atoms with Gasteiger partial charge in [-0.25, -0.2) is 0 Å². The number of allylic oxidation sites excluding steroid dienone is 2. The number of aliphatic imine (C=N–C) groups is 1. The highest BCUT2D eigenvalue weighted by molar-refractivity contribution is 6.23. The van der Waals surface area contributed by atoms with Crippen LogP contribution in [0.15, 0.2) is 40.5 Å². The van der Waals surface area contributed by atoms with Crippen molar-refractivity contribution in [3.63, 3.8) is 0 Å². The van der Waals surface area contributed by atoms with Crippen LogP contribution in [0, 0.1) is 6.92 Å².